The zero-order chi connectivity index (χ0) is 14.2. The van der Waals surface area contributed by atoms with E-state index in [0.29, 0.717) is 5.56 Å². The van der Waals surface area contributed by atoms with Crippen molar-refractivity contribution in [3.63, 3.8) is 0 Å². The van der Waals surface area contributed by atoms with Crippen LogP contribution in [0.25, 0.3) is 0 Å². The molecule has 1 aromatic carbocycles. The molecule has 1 aromatic rings. The summed E-state index contributed by atoms with van der Waals surface area (Å²) in [6.45, 7) is 1.80. The standard InChI is InChI=1S/C12H16F2N2O2S/c1-8-7-19(17,18)3-2-16(8)12-10(13)4-9(6-15)5-11(12)14/h4-5,8H,2-3,6-7,15H2,1H3. The Bertz CT molecular complexity index is 566. The van der Waals surface area contributed by atoms with Crippen LogP contribution >= 0.6 is 0 Å². The third-order valence-electron chi connectivity index (χ3n) is 3.27. The first-order valence-corrected chi connectivity index (χ1v) is 7.81. The summed E-state index contributed by atoms with van der Waals surface area (Å²) in [6, 6.07) is 1.93. The number of nitrogens with two attached hydrogens (primary N) is 1. The predicted octanol–water partition coefficient (Wildman–Crippen LogP) is 1.05. The van der Waals surface area contributed by atoms with Gasteiger partial charge in [0.15, 0.2) is 9.84 Å². The van der Waals surface area contributed by atoms with E-state index in [4.69, 9.17) is 5.73 Å². The van der Waals surface area contributed by atoms with Crippen LogP contribution in [0, 0.1) is 11.6 Å². The minimum atomic E-state index is -3.12. The number of halogens is 2. The van der Waals surface area contributed by atoms with Crippen LogP contribution < -0.4 is 10.6 Å². The number of hydrogen-bond acceptors (Lipinski definition) is 4. The molecule has 1 aliphatic rings. The second kappa shape index (κ2) is 5.05. The highest BCUT2D eigenvalue weighted by molar-refractivity contribution is 7.91. The topological polar surface area (TPSA) is 63.4 Å². The first-order chi connectivity index (χ1) is 8.84. The molecule has 4 nitrogen and oxygen atoms in total. The fourth-order valence-corrected chi connectivity index (χ4v) is 3.90. The van der Waals surface area contributed by atoms with Crippen LogP contribution in [0.3, 0.4) is 0 Å². The Balaban J connectivity index is 2.38. The maximum absolute atomic E-state index is 14.0. The van der Waals surface area contributed by atoms with Crippen molar-refractivity contribution in [2.45, 2.75) is 19.5 Å². The van der Waals surface area contributed by atoms with Crippen LogP contribution in [0.1, 0.15) is 12.5 Å². The molecule has 1 heterocycles. The molecule has 0 bridgehead atoms. The lowest BCUT2D eigenvalue weighted by Crippen LogP contribution is -2.47. The van der Waals surface area contributed by atoms with Gasteiger partial charge >= 0.3 is 0 Å². The van der Waals surface area contributed by atoms with Gasteiger partial charge in [0.05, 0.1) is 11.5 Å². The highest BCUT2D eigenvalue weighted by atomic mass is 32.2. The quantitative estimate of drug-likeness (QED) is 0.884. The molecule has 2 N–H and O–H groups in total. The highest BCUT2D eigenvalue weighted by Crippen LogP contribution is 2.28. The Hall–Kier alpha value is -1.21. The maximum Gasteiger partial charge on any atom is 0.154 e. The van der Waals surface area contributed by atoms with Gasteiger partial charge in [-0.1, -0.05) is 0 Å². The molecule has 1 fully saturated rings. The van der Waals surface area contributed by atoms with E-state index in [1.807, 2.05) is 0 Å². The van der Waals surface area contributed by atoms with Gasteiger partial charge in [-0.2, -0.15) is 0 Å². The van der Waals surface area contributed by atoms with Crippen molar-refractivity contribution in [2.75, 3.05) is 23.0 Å². The van der Waals surface area contributed by atoms with Crippen molar-refractivity contribution in [3.05, 3.63) is 29.3 Å². The second-order valence-electron chi connectivity index (χ2n) is 4.77. The molecule has 0 spiro atoms. The van der Waals surface area contributed by atoms with Gasteiger partial charge in [0.1, 0.15) is 17.3 Å². The number of rotatable bonds is 2. The average molecular weight is 290 g/mol. The minimum absolute atomic E-state index is 0.0536. The van der Waals surface area contributed by atoms with E-state index in [1.54, 1.807) is 6.92 Å². The minimum Gasteiger partial charge on any atom is -0.362 e. The fourth-order valence-electron chi connectivity index (χ4n) is 2.34. The second-order valence-corrected chi connectivity index (χ2v) is 7.00. The zero-order valence-corrected chi connectivity index (χ0v) is 11.4. The average Bonchev–Trinajstić information content (AvgIpc) is 2.30. The van der Waals surface area contributed by atoms with Gasteiger partial charge in [0.2, 0.25) is 0 Å². The summed E-state index contributed by atoms with van der Waals surface area (Å²) in [7, 11) is -3.12. The van der Waals surface area contributed by atoms with Crippen molar-refractivity contribution >= 4 is 15.5 Å². The largest absolute Gasteiger partial charge is 0.362 e. The van der Waals surface area contributed by atoms with Crippen LogP contribution in [0.4, 0.5) is 14.5 Å². The third-order valence-corrected chi connectivity index (χ3v) is 5.06. The van der Waals surface area contributed by atoms with E-state index in [2.05, 4.69) is 0 Å². The van der Waals surface area contributed by atoms with Crippen LogP contribution in [0.2, 0.25) is 0 Å². The first-order valence-electron chi connectivity index (χ1n) is 5.99. The molecule has 0 amide bonds. The van der Waals surface area contributed by atoms with Crippen LogP contribution in [0.5, 0.6) is 0 Å². The van der Waals surface area contributed by atoms with E-state index >= 15 is 0 Å². The van der Waals surface area contributed by atoms with Gasteiger partial charge in [0, 0.05) is 19.1 Å². The number of sulfone groups is 1. The van der Waals surface area contributed by atoms with Crippen LogP contribution in [0.15, 0.2) is 12.1 Å². The van der Waals surface area contributed by atoms with E-state index in [-0.39, 0.29) is 30.3 Å². The van der Waals surface area contributed by atoms with Gasteiger partial charge in [-0.15, -0.1) is 0 Å². The monoisotopic (exact) mass is 290 g/mol. The molecule has 1 aliphatic heterocycles. The Kier molecular flexibility index (Phi) is 3.78. The Morgan fingerprint density at radius 1 is 1.37 bits per heavy atom. The molecular formula is C12H16F2N2O2S. The van der Waals surface area contributed by atoms with Gasteiger partial charge in [-0.05, 0) is 24.6 Å². The Morgan fingerprint density at radius 3 is 2.42 bits per heavy atom. The smallest absolute Gasteiger partial charge is 0.154 e. The molecule has 0 saturated carbocycles. The van der Waals surface area contributed by atoms with E-state index < -0.39 is 27.5 Å². The molecule has 1 saturated heterocycles. The van der Waals surface area contributed by atoms with Gasteiger partial charge in [-0.25, -0.2) is 17.2 Å². The lowest BCUT2D eigenvalue weighted by atomic mass is 10.1. The van der Waals surface area contributed by atoms with Gasteiger partial charge in [-0.3, -0.25) is 0 Å². The van der Waals surface area contributed by atoms with Crippen molar-refractivity contribution in [1.29, 1.82) is 0 Å². The van der Waals surface area contributed by atoms with Crippen molar-refractivity contribution in [3.8, 4) is 0 Å². The fraction of sp³-hybridized carbons (Fsp3) is 0.500. The number of anilines is 1. The summed E-state index contributed by atoms with van der Waals surface area (Å²) >= 11 is 0. The summed E-state index contributed by atoms with van der Waals surface area (Å²) in [5.41, 5.74) is 5.56. The first kappa shape index (κ1) is 14.2. The Morgan fingerprint density at radius 2 is 1.95 bits per heavy atom. The SMILES string of the molecule is CC1CS(=O)(=O)CCN1c1c(F)cc(CN)cc1F. The summed E-state index contributed by atoms with van der Waals surface area (Å²) in [6.07, 6.45) is 0. The number of nitrogens with zero attached hydrogens (tertiary/aromatic N) is 1. The number of benzene rings is 1. The molecule has 0 aliphatic carbocycles. The lowest BCUT2D eigenvalue weighted by molar-refractivity contribution is 0.537. The van der Waals surface area contributed by atoms with E-state index in [0.717, 1.165) is 0 Å². The summed E-state index contributed by atoms with van der Waals surface area (Å²) in [4.78, 5) is 1.46. The van der Waals surface area contributed by atoms with Crippen molar-refractivity contribution in [2.24, 2.45) is 5.73 Å². The Labute approximate surface area is 111 Å². The molecule has 7 heteroatoms. The molecule has 106 valence electrons. The number of hydrogen-bond donors (Lipinski definition) is 1. The van der Waals surface area contributed by atoms with Gasteiger partial charge < -0.3 is 10.6 Å². The summed E-state index contributed by atoms with van der Waals surface area (Å²) in [5, 5.41) is 0. The molecule has 1 unspecified atom stereocenters. The molecule has 2 rings (SSSR count). The summed E-state index contributed by atoms with van der Waals surface area (Å²) < 4.78 is 50.9. The summed E-state index contributed by atoms with van der Waals surface area (Å²) in [5.74, 6) is -1.59. The molecule has 19 heavy (non-hydrogen) atoms. The van der Waals surface area contributed by atoms with Crippen LogP contribution in [-0.2, 0) is 16.4 Å². The van der Waals surface area contributed by atoms with E-state index in [9.17, 15) is 17.2 Å². The highest BCUT2D eigenvalue weighted by Gasteiger charge is 2.31. The van der Waals surface area contributed by atoms with Gasteiger partial charge in [0.25, 0.3) is 0 Å². The normalized spacial score (nSPS) is 22.5. The molecule has 0 aromatic heterocycles. The van der Waals surface area contributed by atoms with Crippen molar-refractivity contribution in [1.82, 2.24) is 0 Å². The molecular weight excluding hydrogens is 274 g/mol. The van der Waals surface area contributed by atoms with Crippen LogP contribution in [-0.4, -0.2) is 32.5 Å². The molecule has 0 radical (unpaired) electrons. The van der Waals surface area contributed by atoms with E-state index in [1.165, 1.54) is 17.0 Å². The predicted molar refractivity (Wildman–Crippen MR) is 69.7 cm³/mol. The molecule has 1 atom stereocenters. The lowest BCUT2D eigenvalue weighted by Gasteiger charge is -2.35. The zero-order valence-electron chi connectivity index (χ0n) is 10.6. The third kappa shape index (κ3) is 2.87. The van der Waals surface area contributed by atoms with Crippen molar-refractivity contribution < 1.29 is 17.2 Å². The maximum atomic E-state index is 14.0.